The van der Waals surface area contributed by atoms with Crippen LogP contribution in [0.5, 0.6) is 0 Å². The summed E-state index contributed by atoms with van der Waals surface area (Å²) in [6.07, 6.45) is 0.961. The minimum atomic E-state index is 0.526. The maximum Gasteiger partial charge on any atom is 0.0652 e. The fourth-order valence-electron chi connectivity index (χ4n) is 1.56. The van der Waals surface area contributed by atoms with E-state index in [9.17, 15) is 0 Å². The van der Waals surface area contributed by atoms with Gasteiger partial charge in [0, 0.05) is 30.3 Å². The molecule has 0 amide bonds. The standard InChI is InChI=1S/C14H20Cl3NO/c1-10(2)9-19-7-3-6-18-8-11-12(15)4-5-13(16)14(11)17/h4-5,10,18H,3,6-9H2,1-2H3. The van der Waals surface area contributed by atoms with Gasteiger partial charge in [-0.3, -0.25) is 0 Å². The van der Waals surface area contributed by atoms with Gasteiger partial charge in [-0.05, 0) is 31.0 Å². The first-order valence-corrected chi connectivity index (χ1v) is 7.56. The van der Waals surface area contributed by atoms with Crippen LogP contribution in [0.25, 0.3) is 0 Å². The summed E-state index contributed by atoms with van der Waals surface area (Å²) in [5, 5.41) is 4.98. The second-order valence-electron chi connectivity index (χ2n) is 4.82. The van der Waals surface area contributed by atoms with Gasteiger partial charge in [0.1, 0.15) is 0 Å². The molecule has 0 atom stereocenters. The fraction of sp³-hybridized carbons (Fsp3) is 0.571. The van der Waals surface area contributed by atoms with E-state index in [4.69, 9.17) is 39.5 Å². The van der Waals surface area contributed by atoms with Crippen molar-refractivity contribution in [2.45, 2.75) is 26.8 Å². The summed E-state index contributed by atoms with van der Waals surface area (Å²) in [7, 11) is 0. The summed E-state index contributed by atoms with van der Waals surface area (Å²) in [6.45, 7) is 7.33. The molecule has 0 unspecified atom stereocenters. The van der Waals surface area contributed by atoms with Crippen LogP contribution in [0.2, 0.25) is 15.1 Å². The molecule has 108 valence electrons. The van der Waals surface area contributed by atoms with Gasteiger partial charge in [0.05, 0.1) is 10.0 Å². The van der Waals surface area contributed by atoms with Crippen LogP contribution in [0.1, 0.15) is 25.8 Å². The number of benzene rings is 1. The number of hydrogen-bond donors (Lipinski definition) is 1. The average Bonchev–Trinajstić information content (AvgIpc) is 2.36. The summed E-state index contributed by atoms with van der Waals surface area (Å²) < 4.78 is 5.50. The molecule has 0 aliphatic rings. The zero-order valence-corrected chi connectivity index (χ0v) is 13.6. The Balaban J connectivity index is 2.25. The number of halogens is 3. The van der Waals surface area contributed by atoms with Crippen molar-refractivity contribution in [2.75, 3.05) is 19.8 Å². The van der Waals surface area contributed by atoms with Crippen molar-refractivity contribution in [2.24, 2.45) is 5.92 Å². The zero-order valence-electron chi connectivity index (χ0n) is 11.3. The third-order valence-electron chi connectivity index (χ3n) is 2.53. The molecule has 1 rings (SSSR count). The maximum atomic E-state index is 6.11. The lowest BCUT2D eigenvalue weighted by atomic mass is 10.2. The van der Waals surface area contributed by atoms with E-state index in [0.29, 0.717) is 27.5 Å². The zero-order chi connectivity index (χ0) is 14.3. The Morgan fingerprint density at radius 2 is 1.84 bits per heavy atom. The highest BCUT2D eigenvalue weighted by atomic mass is 35.5. The quantitative estimate of drug-likeness (QED) is 0.548. The van der Waals surface area contributed by atoms with E-state index in [0.717, 1.165) is 31.7 Å². The van der Waals surface area contributed by atoms with Crippen LogP contribution in [0.3, 0.4) is 0 Å². The molecule has 0 fully saturated rings. The van der Waals surface area contributed by atoms with Crippen LogP contribution >= 0.6 is 34.8 Å². The molecule has 0 saturated carbocycles. The number of rotatable bonds is 8. The molecule has 0 saturated heterocycles. The van der Waals surface area contributed by atoms with Crippen LogP contribution < -0.4 is 5.32 Å². The minimum Gasteiger partial charge on any atom is -0.381 e. The Morgan fingerprint density at radius 1 is 1.16 bits per heavy atom. The highest BCUT2D eigenvalue weighted by molar-refractivity contribution is 6.44. The smallest absolute Gasteiger partial charge is 0.0652 e. The predicted molar refractivity (Wildman–Crippen MR) is 83.5 cm³/mol. The van der Waals surface area contributed by atoms with Crippen LogP contribution in [0.15, 0.2) is 12.1 Å². The van der Waals surface area contributed by atoms with Crippen molar-refractivity contribution in [3.05, 3.63) is 32.8 Å². The monoisotopic (exact) mass is 323 g/mol. The van der Waals surface area contributed by atoms with Crippen molar-refractivity contribution in [3.8, 4) is 0 Å². The molecular weight excluding hydrogens is 305 g/mol. The second kappa shape index (κ2) is 9.04. The molecule has 1 aromatic carbocycles. The first-order chi connectivity index (χ1) is 9.02. The van der Waals surface area contributed by atoms with Gasteiger partial charge in [0.2, 0.25) is 0 Å². The Morgan fingerprint density at radius 3 is 2.53 bits per heavy atom. The van der Waals surface area contributed by atoms with E-state index in [1.54, 1.807) is 12.1 Å². The van der Waals surface area contributed by atoms with E-state index in [1.165, 1.54) is 0 Å². The van der Waals surface area contributed by atoms with E-state index < -0.39 is 0 Å². The molecule has 0 bridgehead atoms. The summed E-state index contributed by atoms with van der Waals surface area (Å²) >= 11 is 18.2. The van der Waals surface area contributed by atoms with Crippen LogP contribution in [-0.2, 0) is 11.3 Å². The molecule has 0 aliphatic heterocycles. The van der Waals surface area contributed by atoms with E-state index >= 15 is 0 Å². The predicted octanol–water partition coefficient (Wildman–Crippen LogP) is 4.80. The maximum absolute atomic E-state index is 6.11. The first kappa shape index (κ1) is 17.1. The summed E-state index contributed by atoms with van der Waals surface area (Å²) in [4.78, 5) is 0. The molecule has 0 aromatic heterocycles. The second-order valence-corrected chi connectivity index (χ2v) is 6.01. The summed E-state index contributed by atoms with van der Waals surface area (Å²) in [6, 6.07) is 3.47. The number of nitrogens with one attached hydrogen (secondary N) is 1. The number of ether oxygens (including phenoxy) is 1. The first-order valence-electron chi connectivity index (χ1n) is 6.43. The molecule has 0 spiro atoms. The molecule has 19 heavy (non-hydrogen) atoms. The third-order valence-corrected chi connectivity index (χ3v) is 3.73. The molecule has 0 heterocycles. The van der Waals surface area contributed by atoms with Gasteiger partial charge >= 0.3 is 0 Å². The highest BCUT2D eigenvalue weighted by Crippen LogP contribution is 2.31. The Bertz CT molecular complexity index is 397. The average molecular weight is 325 g/mol. The fourth-order valence-corrected chi connectivity index (χ4v) is 2.24. The summed E-state index contributed by atoms with van der Waals surface area (Å²) in [5.41, 5.74) is 0.846. The Labute approximate surface area is 130 Å². The largest absolute Gasteiger partial charge is 0.381 e. The normalized spacial score (nSPS) is 11.3. The molecule has 0 aliphatic carbocycles. The number of hydrogen-bond acceptors (Lipinski definition) is 2. The van der Waals surface area contributed by atoms with E-state index in [-0.39, 0.29) is 0 Å². The molecular formula is C14H20Cl3NO. The van der Waals surface area contributed by atoms with Gasteiger partial charge in [-0.15, -0.1) is 0 Å². The van der Waals surface area contributed by atoms with E-state index in [2.05, 4.69) is 19.2 Å². The topological polar surface area (TPSA) is 21.3 Å². The van der Waals surface area contributed by atoms with Crippen LogP contribution in [0, 0.1) is 5.92 Å². The van der Waals surface area contributed by atoms with Crippen molar-refractivity contribution >= 4 is 34.8 Å². The molecule has 5 heteroatoms. The molecule has 0 radical (unpaired) electrons. The molecule has 1 aromatic rings. The van der Waals surface area contributed by atoms with E-state index in [1.807, 2.05) is 0 Å². The van der Waals surface area contributed by atoms with Crippen molar-refractivity contribution in [3.63, 3.8) is 0 Å². The van der Waals surface area contributed by atoms with Gasteiger partial charge in [-0.1, -0.05) is 48.7 Å². The lowest BCUT2D eigenvalue weighted by Crippen LogP contribution is -2.17. The van der Waals surface area contributed by atoms with Crippen molar-refractivity contribution < 1.29 is 4.74 Å². The SMILES string of the molecule is CC(C)COCCCNCc1c(Cl)ccc(Cl)c1Cl. The Kier molecular flexibility index (Phi) is 8.12. The minimum absolute atomic E-state index is 0.526. The van der Waals surface area contributed by atoms with Crippen molar-refractivity contribution in [1.29, 1.82) is 0 Å². The van der Waals surface area contributed by atoms with Gasteiger partial charge < -0.3 is 10.1 Å². The van der Waals surface area contributed by atoms with Gasteiger partial charge in [0.15, 0.2) is 0 Å². The Hall–Kier alpha value is 0.01000. The highest BCUT2D eigenvalue weighted by Gasteiger charge is 2.08. The van der Waals surface area contributed by atoms with Crippen molar-refractivity contribution in [1.82, 2.24) is 5.32 Å². The van der Waals surface area contributed by atoms with Gasteiger partial charge in [-0.2, -0.15) is 0 Å². The van der Waals surface area contributed by atoms with Gasteiger partial charge in [0.25, 0.3) is 0 Å². The third kappa shape index (κ3) is 6.33. The van der Waals surface area contributed by atoms with Crippen LogP contribution in [0.4, 0.5) is 0 Å². The molecule has 1 N–H and O–H groups in total. The van der Waals surface area contributed by atoms with Crippen LogP contribution in [-0.4, -0.2) is 19.8 Å². The molecule has 2 nitrogen and oxygen atoms in total. The lowest BCUT2D eigenvalue weighted by Gasteiger charge is -2.10. The van der Waals surface area contributed by atoms with Gasteiger partial charge in [-0.25, -0.2) is 0 Å². The summed E-state index contributed by atoms with van der Waals surface area (Å²) in [5.74, 6) is 0.581. The lowest BCUT2D eigenvalue weighted by molar-refractivity contribution is 0.108.